The summed E-state index contributed by atoms with van der Waals surface area (Å²) in [5.74, 6) is 0. The summed E-state index contributed by atoms with van der Waals surface area (Å²) in [6.07, 6.45) is 0. The first-order valence-corrected chi connectivity index (χ1v) is 2.45. The van der Waals surface area contributed by atoms with Crippen LogP contribution in [0.15, 0.2) is 0 Å². The highest BCUT2D eigenvalue weighted by Gasteiger charge is 1.65. The molecule has 0 aliphatic heterocycles. The van der Waals surface area contributed by atoms with Crippen LogP contribution >= 0.6 is 9.03 Å². The van der Waals surface area contributed by atoms with E-state index >= 15 is 0 Å². The van der Waals surface area contributed by atoms with Gasteiger partial charge in [0.2, 0.25) is 0 Å². The summed E-state index contributed by atoms with van der Waals surface area (Å²) in [6.45, 7) is 0. The molecule has 6 radical (unpaired) electrons. The Morgan fingerprint density at radius 3 is 1.60 bits per heavy atom. The maximum Gasteiger partial charge on any atom is 0.255 e. The molecule has 0 atom stereocenters. The summed E-state index contributed by atoms with van der Waals surface area (Å²) in [5, 5.41) is 0. The standard InChI is InChI=1S/HO2PSi2/c4-1-3-2-5/h3H. The summed E-state index contributed by atoms with van der Waals surface area (Å²) in [5.41, 5.74) is 0. The Kier molecular flexibility index (Phi) is 5.53. The Morgan fingerprint density at radius 2 is 1.60 bits per heavy atom. The van der Waals surface area contributed by atoms with Crippen LogP contribution in [-0.4, -0.2) is 21.0 Å². The fourth-order valence-electron chi connectivity index (χ4n) is 0.0208. The number of hydrogen-bond donors (Lipinski definition) is 0. The van der Waals surface area contributed by atoms with Crippen molar-refractivity contribution < 1.29 is 8.43 Å². The number of rotatable bonds is 2. The van der Waals surface area contributed by atoms with Crippen LogP contribution in [0.25, 0.3) is 0 Å². The summed E-state index contributed by atoms with van der Waals surface area (Å²) in [6, 6.07) is 0. The Bertz CT molecular complexity index is 15.1. The predicted molar refractivity (Wildman–Crippen MR) is 22.0 cm³/mol. The first kappa shape index (κ1) is 5.78. The lowest BCUT2D eigenvalue weighted by molar-refractivity contribution is 0.577. The fourth-order valence-corrected chi connectivity index (χ4v) is 0.563. The molecular formula is HO2PSi2. The Labute approximate surface area is 39.3 Å². The maximum atomic E-state index is 4.25. The molecule has 2 nitrogen and oxygen atoms in total. The predicted octanol–water partition coefficient (Wildman–Crippen LogP) is -0.305. The molecule has 0 aromatic rings. The van der Waals surface area contributed by atoms with Crippen molar-refractivity contribution >= 4 is 30.0 Å². The van der Waals surface area contributed by atoms with E-state index in [9.17, 15) is 0 Å². The van der Waals surface area contributed by atoms with Crippen LogP contribution in [0.5, 0.6) is 0 Å². The summed E-state index contributed by atoms with van der Waals surface area (Å²) < 4.78 is 8.51. The summed E-state index contributed by atoms with van der Waals surface area (Å²) in [4.78, 5) is 0. The van der Waals surface area contributed by atoms with Gasteiger partial charge in [-0.2, -0.15) is 0 Å². The zero-order chi connectivity index (χ0) is 4.12. The molecule has 0 bridgehead atoms. The van der Waals surface area contributed by atoms with Crippen LogP contribution in [-0.2, 0) is 8.43 Å². The lowest BCUT2D eigenvalue weighted by Gasteiger charge is -1.86. The quantitative estimate of drug-likeness (QED) is 0.368. The van der Waals surface area contributed by atoms with Crippen molar-refractivity contribution in [1.82, 2.24) is 0 Å². The molecule has 0 aromatic carbocycles. The summed E-state index contributed by atoms with van der Waals surface area (Å²) in [7, 11) is 5.44. The summed E-state index contributed by atoms with van der Waals surface area (Å²) >= 11 is 0. The Balaban J connectivity index is 2.19. The molecular weight excluding hydrogens is 119 g/mol. The average molecular weight is 120 g/mol. The van der Waals surface area contributed by atoms with Gasteiger partial charge < -0.3 is 8.43 Å². The van der Waals surface area contributed by atoms with Gasteiger partial charge in [-0.15, -0.1) is 0 Å². The van der Waals surface area contributed by atoms with Crippen molar-refractivity contribution in [2.45, 2.75) is 0 Å². The lowest BCUT2D eigenvalue weighted by atomic mass is 15.8. The van der Waals surface area contributed by atoms with Crippen molar-refractivity contribution in [2.75, 3.05) is 0 Å². The van der Waals surface area contributed by atoms with Gasteiger partial charge in [-0.05, 0) is 0 Å². The van der Waals surface area contributed by atoms with E-state index in [1.165, 1.54) is 0 Å². The van der Waals surface area contributed by atoms with Crippen LogP contribution in [0.3, 0.4) is 0 Å². The van der Waals surface area contributed by atoms with Crippen LogP contribution < -0.4 is 0 Å². The van der Waals surface area contributed by atoms with Gasteiger partial charge in [-0.25, -0.2) is 0 Å². The van der Waals surface area contributed by atoms with Gasteiger partial charge in [0.15, 0.2) is 0 Å². The lowest BCUT2D eigenvalue weighted by Crippen LogP contribution is -1.65. The molecule has 0 rings (SSSR count). The van der Waals surface area contributed by atoms with E-state index in [1.54, 1.807) is 0 Å². The van der Waals surface area contributed by atoms with Crippen LogP contribution in [0.4, 0.5) is 0 Å². The molecule has 0 aliphatic rings. The van der Waals surface area contributed by atoms with Crippen molar-refractivity contribution in [3.8, 4) is 0 Å². The normalized spacial score (nSPS) is 8.40. The molecule has 0 aliphatic carbocycles. The van der Waals surface area contributed by atoms with E-state index in [0.717, 1.165) is 0 Å². The highest BCUT2D eigenvalue weighted by atomic mass is 31.1. The SMILES string of the molecule is [Si]OPO[Si]. The number of hydrogen-bond acceptors (Lipinski definition) is 2. The van der Waals surface area contributed by atoms with Gasteiger partial charge in [-0.1, -0.05) is 0 Å². The van der Waals surface area contributed by atoms with Gasteiger partial charge in [0.05, 0.1) is 0 Å². The Hall–Kier alpha value is 0.784. The molecule has 0 amide bonds. The molecule has 0 spiro atoms. The van der Waals surface area contributed by atoms with Gasteiger partial charge >= 0.3 is 0 Å². The van der Waals surface area contributed by atoms with Crippen LogP contribution in [0, 0.1) is 0 Å². The van der Waals surface area contributed by atoms with E-state index < -0.39 is 0 Å². The van der Waals surface area contributed by atoms with Crippen LogP contribution in [0.2, 0.25) is 0 Å². The Morgan fingerprint density at radius 1 is 1.20 bits per heavy atom. The molecule has 26 valence electrons. The molecule has 0 saturated carbocycles. The largest absolute Gasteiger partial charge is 0.380 e. The molecule has 0 heterocycles. The molecule has 0 unspecified atom stereocenters. The average Bonchev–Trinajstić information content (AvgIpc) is 1.41. The third kappa shape index (κ3) is 4.78. The second kappa shape index (κ2) is 4.78. The molecule has 0 N–H and O–H groups in total. The highest BCUT2D eigenvalue weighted by Crippen LogP contribution is 2.04. The van der Waals surface area contributed by atoms with Gasteiger partial charge in [0, 0.05) is 0 Å². The fraction of sp³-hybridized carbons (Fsp3) is 0. The van der Waals surface area contributed by atoms with Crippen molar-refractivity contribution in [1.29, 1.82) is 0 Å². The minimum absolute atomic E-state index is 0.0247. The molecule has 0 aromatic heterocycles. The first-order chi connectivity index (χ1) is 2.41. The third-order valence-electron chi connectivity index (χ3n) is 0.0833. The van der Waals surface area contributed by atoms with Crippen molar-refractivity contribution in [2.24, 2.45) is 0 Å². The topological polar surface area (TPSA) is 18.5 Å². The maximum absolute atomic E-state index is 4.25. The first-order valence-electron chi connectivity index (χ1n) is 0.816. The highest BCUT2D eigenvalue weighted by molar-refractivity contribution is 7.28. The van der Waals surface area contributed by atoms with Crippen molar-refractivity contribution in [3.63, 3.8) is 0 Å². The van der Waals surface area contributed by atoms with Crippen LogP contribution in [0.1, 0.15) is 0 Å². The third-order valence-corrected chi connectivity index (χ3v) is 0.750. The zero-order valence-corrected chi connectivity index (χ0v) is 5.32. The molecule has 5 heteroatoms. The smallest absolute Gasteiger partial charge is 0.255 e. The van der Waals surface area contributed by atoms with Gasteiger partial charge in [0.1, 0.15) is 9.03 Å². The molecule has 0 fully saturated rings. The monoisotopic (exact) mass is 120 g/mol. The van der Waals surface area contributed by atoms with E-state index in [4.69, 9.17) is 0 Å². The minimum atomic E-state index is 0.0247. The second-order valence-electron chi connectivity index (χ2n) is 0.287. The van der Waals surface area contributed by atoms with Gasteiger partial charge in [0.25, 0.3) is 21.0 Å². The second-order valence-corrected chi connectivity index (χ2v) is 2.09. The zero-order valence-electron chi connectivity index (χ0n) is 2.32. The minimum Gasteiger partial charge on any atom is -0.380 e. The van der Waals surface area contributed by atoms with Gasteiger partial charge in [-0.3, -0.25) is 0 Å². The molecule has 0 saturated heterocycles. The van der Waals surface area contributed by atoms with E-state index in [1.807, 2.05) is 0 Å². The van der Waals surface area contributed by atoms with E-state index in [2.05, 4.69) is 29.4 Å². The molecule has 5 heavy (non-hydrogen) atoms. The van der Waals surface area contributed by atoms with E-state index in [-0.39, 0.29) is 9.03 Å². The van der Waals surface area contributed by atoms with Crippen molar-refractivity contribution in [3.05, 3.63) is 0 Å². The van der Waals surface area contributed by atoms with E-state index in [0.29, 0.717) is 0 Å².